The third-order valence-electron chi connectivity index (χ3n) is 2.89. The molecule has 0 aromatic heterocycles. The van der Waals surface area contributed by atoms with Crippen molar-refractivity contribution in [2.24, 2.45) is 0 Å². The van der Waals surface area contributed by atoms with Crippen LogP contribution in [-0.2, 0) is 15.0 Å². The molecule has 3 N–H and O–H groups in total. The normalized spacial score (nSPS) is 11.1. The van der Waals surface area contributed by atoms with Gasteiger partial charge in [-0.3, -0.25) is 9.59 Å². The number of hydrogen-bond donors (Lipinski definition) is 2. The molecule has 0 fully saturated rings. The van der Waals surface area contributed by atoms with Gasteiger partial charge in [-0.2, -0.15) is 0 Å². The Hall–Kier alpha value is -2.04. The lowest BCUT2D eigenvalue weighted by molar-refractivity contribution is -0.145. The molecule has 1 rings (SSSR count). The predicted octanol–water partition coefficient (Wildman–Crippen LogP) is 1.09. The molecule has 0 radical (unpaired) electrons. The first kappa shape index (κ1) is 14.0. The Kier molecular flexibility index (Phi) is 3.96. The van der Waals surface area contributed by atoms with E-state index in [0.29, 0.717) is 5.69 Å². The second-order valence-corrected chi connectivity index (χ2v) is 4.80. The van der Waals surface area contributed by atoms with Crippen molar-refractivity contribution in [2.75, 3.05) is 19.3 Å². The summed E-state index contributed by atoms with van der Waals surface area (Å²) >= 11 is 0. The number of likely N-dealkylation sites (N-methyl/N-ethyl adjacent to an activating group) is 1. The van der Waals surface area contributed by atoms with Crippen molar-refractivity contribution in [3.05, 3.63) is 29.8 Å². The molecular weight excluding hydrogens is 232 g/mol. The van der Waals surface area contributed by atoms with Crippen LogP contribution >= 0.6 is 0 Å². The molecule has 1 aromatic carbocycles. The van der Waals surface area contributed by atoms with Crippen LogP contribution in [0.25, 0.3) is 0 Å². The molecule has 0 bridgehead atoms. The highest BCUT2D eigenvalue weighted by Crippen LogP contribution is 2.26. The molecule has 0 heterocycles. The molecule has 0 saturated heterocycles. The Morgan fingerprint density at radius 3 is 2.22 bits per heavy atom. The van der Waals surface area contributed by atoms with Crippen molar-refractivity contribution in [1.29, 1.82) is 0 Å². The molecule has 0 aliphatic heterocycles. The molecule has 98 valence electrons. The molecule has 0 atom stereocenters. The fourth-order valence-electron chi connectivity index (χ4n) is 1.78. The van der Waals surface area contributed by atoms with Crippen molar-refractivity contribution in [2.45, 2.75) is 19.3 Å². The lowest BCUT2D eigenvalue weighted by Crippen LogP contribution is -2.43. The first-order chi connectivity index (χ1) is 8.25. The lowest BCUT2D eigenvalue weighted by Gasteiger charge is -2.29. The van der Waals surface area contributed by atoms with E-state index in [1.807, 2.05) is 0 Å². The lowest BCUT2D eigenvalue weighted by atomic mass is 9.83. The van der Waals surface area contributed by atoms with E-state index in [0.717, 1.165) is 5.56 Å². The second kappa shape index (κ2) is 5.08. The summed E-state index contributed by atoms with van der Waals surface area (Å²) in [4.78, 5) is 24.0. The zero-order chi connectivity index (χ0) is 13.9. The second-order valence-electron chi connectivity index (χ2n) is 4.80. The van der Waals surface area contributed by atoms with Gasteiger partial charge in [-0.25, -0.2) is 0 Å². The van der Waals surface area contributed by atoms with E-state index in [9.17, 15) is 9.59 Å². The number of amides is 1. The number of rotatable bonds is 4. The molecule has 1 amide bonds. The Morgan fingerprint density at radius 2 is 1.78 bits per heavy atom. The van der Waals surface area contributed by atoms with Gasteiger partial charge in [-0.15, -0.1) is 0 Å². The minimum absolute atomic E-state index is 0.241. The van der Waals surface area contributed by atoms with Crippen molar-refractivity contribution in [3.8, 4) is 0 Å². The Morgan fingerprint density at radius 1 is 1.28 bits per heavy atom. The summed E-state index contributed by atoms with van der Waals surface area (Å²) in [7, 11) is 1.48. The van der Waals surface area contributed by atoms with Crippen LogP contribution in [0, 0.1) is 0 Å². The summed E-state index contributed by atoms with van der Waals surface area (Å²) < 4.78 is 0. The molecule has 0 unspecified atom stereocenters. The SMILES string of the molecule is CN(CC(=O)O)C(=O)C(C)(C)c1ccc(N)cc1. The number of carboxylic acid groups (broad SMARTS) is 1. The number of anilines is 1. The van der Waals surface area contributed by atoms with Gasteiger partial charge in [0.25, 0.3) is 0 Å². The predicted molar refractivity (Wildman–Crippen MR) is 69.2 cm³/mol. The number of hydrogen-bond acceptors (Lipinski definition) is 3. The van der Waals surface area contributed by atoms with Gasteiger partial charge < -0.3 is 15.7 Å². The average molecular weight is 250 g/mol. The highest BCUT2D eigenvalue weighted by Gasteiger charge is 2.32. The van der Waals surface area contributed by atoms with Crippen LogP contribution in [0.15, 0.2) is 24.3 Å². The summed E-state index contributed by atoms with van der Waals surface area (Å²) in [6, 6.07) is 7.01. The molecule has 0 aliphatic carbocycles. The third kappa shape index (κ3) is 3.00. The molecule has 1 aromatic rings. The minimum atomic E-state index is -1.03. The number of nitrogen functional groups attached to an aromatic ring is 1. The summed E-state index contributed by atoms with van der Waals surface area (Å²) in [6.07, 6.45) is 0. The largest absolute Gasteiger partial charge is 0.480 e. The van der Waals surface area contributed by atoms with Crippen molar-refractivity contribution >= 4 is 17.6 Å². The Labute approximate surface area is 106 Å². The number of nitrogens with two attached hydrogens (primary N) is 1. The van der Waals surface area contributed by atoms with Gasteiger partial charge in [0, 0.05) is 12.7 Å². The number of carbonyl (C=O) groups excluding carboxylic acids is 1. The highest BCUT2D eigenvalue weighted by molar-refractivity contribution is 5.89. The Bertz CT molecular complexity index is 452. The van der Waals surface area contributed by atoms with E-state index >= 15 is 0 Å². The van der Waals surface area contributed by atoms with Gasteiger partial charge in [-0.1, -0.05) is 12.1 Å². The molecule has 0 saturated carbocycles. The number of nitrogens with zero attached hydrogens (tertiary/aromatic N) is 1. The van der Waals surface area contributed by atoms with Crippen LogP contribution < -0.4 is 5.73 Å². The fraction of sp³-hybridized carbons (Fsp3) is 0.385. The molecule has 5 heteroatoms. The Balaban J connectivity index is 2.95. The maximum absolute atomic E-state index is 12.2. The van der Waals surface area contributed by atoms with Gasteiger partial charge in [0.1, 0.15) is 6.54 Å². The van der Waals surface area contributed by atoms with Gasteiger partial charge >= 0.3 is 5.97 Å². The van der Waals surface area contributed by atoms with Crippen molar-refractivity contribution in [3.63, 3.8) is 0 Å². The van der Waals surface area contributed by atoms with Gasteiger partial charge in [0.15, 0.2) is 0 Å². The number of carbonyl (C=O) groups is 2. The first-order valence-corrected chi connectivity index (χ1v) is 5.58. The zero-order valence-electron chi connectivity index (χ0n) is 10.8. The molecule has 0 aliphatic rings. The van der Waals surface area contributed by atoms with Crippen LogP contribution in [0.1, 0.15) is 19.4 Å². The van der Waals surface area contributed by atoms with Crippen LogP contribution in [0.5, 0.6) is 0 Å². The monoisotopic (exact) mass is 250 g/mol. The maximum Gasteiger partial charge on any atom is 0.323 e. The minimum Gasteiger partial charge on any atom is -0.480 e. The van der Waals surface area contributed by atoms with Crippen LogP contribution in [-0.4, -0.2) is 35.5 Å². The average Bonchev–Trinajstić information content (AvgIpc) is 2.27. The van der Waals surface area contributed by atoms with E-state index in [2.05, 4.69) is 0 Å². The van der Waals surface area contributed by atoms with Crippen LogP contribution in [0.3, 0.4) is 0 Å². The quantitative estimate of drug-likeness (QED) is 0.783. The fourth-order valence-corrected chi connectivity index (χ4v) is 1.78. The number of benzene rings is 1. The topological polar surface area (TPSA) is 83.6 Å². The van der Waals surface area contributed by atoms with E-state index < -0.39 is 11.4 Å². The van der Waals surface area contributed by atoms with Gasteiger partial charge in [-0.05, 0) is 31.5 Å². The van der Waals surface area contributed by atoms with E-state index in [-0.39, 0.29) is 12.5 Å². The zero-order valence-corrected chi connectivity index (χ0v) is 10.8. The van der Waals surface area contributed by atoms with Crippen LogP contribution in [0.2, 0.25) is 0 Å². The first-order valence-electron chi connectivity index (χ1n) is 5.58. The van der Waals surface area contributed by atoms with Crippen molar-refractivity contribution in [1.82, 2.24) is 4.90 Å². The van der Waals surface area contributed by atoms with Gasteiger partial charge in [0.2, 0.25) is 5.91 Å². The van der Waals surface area contributed by atoms with Crippen molar-refractivity contribution < 1.29 is 14.7 Å². The number of carboxylic acids is 1. The molecule has 5 nitrogen and oxygen atoms in total. The highest BCUT2D eigenvalue weighted by atomic mass is 16.4. The molecular formula is C13H18N2O3. The summed E-state index contributed by atoms with van der Waals surface area (Å²) in [6.45, 7) is 3.22. The molecule has 18 heavy (non-hydrogen) atoms. The van der Waals surface area contributed by atoms with E-state index in [4.69, 9.17) is 10.8 Å². The summed E-state index contributed by atoms with van der Waals surface area (Å²) in [5.41, 5.74) is 6.25. The van der Waals surface area contributed by atoms with E-state index in [1.165, 1.54) is 11.9 Å². The smallest absolute Gasteiger partial charge is 0.323 e. The molecule has 0 spiro atoms. The summed E-state index contributed by atoms with van der Waals surface area (Å²) in [5, 5.41) is 8.70. The van der Waals surface area contributed by atoms with E-state index in [1.54, 1.807) is 38.1 Å². The third-order valence-corrected chi connectivity index (χ3v) is 2.89. The summed E-state index contributed by atoms with van der Waals surface area (Å²) in [5.74, 6) is -1.27. The maximum atomic E-state index is 12.2. The number of aliphatic carboxylic acids is 1. The standard InChI is InChI=1S/C13H18N2O3/c1-13(2,9-4-6-10(14)7-5-9)12(18)15(3)8-11(16)17/h4-7H,8,14H2,1-3H3,(H,16,17). The van der Waals surface area contributed by atoms with Gasteiger partial charge in [0.05, 0.1) is 5.41 Å². The van der Waals surface area contributed by atoms with Crippen LogP contribution in [0.4, 0.5) is 5.69 Å².